The van der Waals surface area contributed by atoms with Crippen LogP contribution in [0.2, 0.25) is 0 Å². The molecule has 3 atom stereocenters. The number of carbonyl (C=O) groups excluding carboxylic acids is 1. The van der Waals surface area contributed by atoms with Crippen LogP contribution in [0.4, 0.5) is 0 Å². The molecule has 0 radical (unpaired) electrons. The van der Waals surface area contributed by atoms with Crippen LogP contribution in [0.5, 0.6) is 0 Å². The van der Waals surface area contributed by atoms with Crippen molar-refractivity contribution in [1.82, 2.24) is 5.32 Å². The third kappa shape index (κ3) is 3.07. The number of rotatable bonds is 4. The number of hydrogen-bond acceptors (Lipinski definition) is 3. The quantitative estimate of drug-likeness (QED) is 0.864. The zero-order chi connectivity index (χ0) is 12.3. The third-order valence-electron chi connectivity index (χ3n) is 3.46. The summed E-state index contributed by atoms with van der Waals surface area (Å²) in [5, 5.41) is 5.20. The number of carbonyl (C=O) groups is 1. The first-order valence-corrected chi connectivity index (χ1v) is 7.18. The lowest BCUT2D eigenvalue weighted by Gasteiger charge is -2.18. The van der Waals surface area contributed by atoms with Crippen LogP contribution in [-0.2, 0) is 4.79 Å². The van der Waals surface area contributed by atoms with Gasteiger partial charge in [0, 0.05) is 16.8 Å². The Bertz CT molecular complexity index is 364. The van der Waals surface area contributed by atoms with E-state index < -0.39 is 0 Å². The van der Waals surface area contributed by atoms with E-state index in [0.29, 0.717) is 0 Å². The highest BCUT2D eigenvalue weighted by molar-refractivity contribution is 7.10. The Balaban J connectivity index is 1.93. The second-order valence-corrected chi connectivity index (χ2v) is 5.73. The molecular weight excluding hydrogens is 232 g/mol. The van der Waals surface area contributed by atoms with Gasteiger partial charge in [-0.15, -0.1) is 11.3 Å². The highest BCUT2D eigenvalue weighted by Gasteiger charge is 2.29. The highest BCUT2D eigenvalue weighted by Crippen LogP contribution is 2.27. The topological polar surface area (TPSA) is 55.1 Å². The average Bonchev–Trinajstić information content (AvgIpc) is 2.96. The van der Waals surface area contributed by atoms with Crippen molar-refractivity contribution >= 4 is 17.2 Å². The van der Waals surface area contributed by atoms with E-state index in [2.05, 4.69) is 23.7 Å². The molecule has 94 valence electrons. The predicted molar refractivity (Wildman–Crippen MR) is 70.8 cm³/mol. The van der Waals surface area contributed by atoms with Crippen LogP contribution in [0, 0.1) is 5.92 Å². The van der Waals surface area contributed by atoms with E-state index in [1.807, 2.05) is 6.07 Å². The van der Waals surface area contributed by atoms with Gasteiger partial charge in [-0.25, -0.2) is 0 Å². The minimum Gasteiger partial charge on any atom is -0.348 e. The van der Waals surface area contributed by atoms with Crippen molar-refractivity contribution in [3.63, 3.8) is 0 Å². The Morgan fingerprint density at radius 1 is 1.65 bits per heavy atom. The molecule has 1 heterocycles. The van der Waals surface area contributed by atoms with Crippen molar-refractivity contribution in [2.45, 2.75) is 44.7 Å². The van der Waals surface area contributed by atoms with Gasteiger partial charge in [0.1, 0.15) is 0 Å². The molecule has 1 aliphatic rings. The zero-order valence-corrected chi connectivity index (χ0v) is 11.0. The second kappa shape index (κ2) is 5.65. The third-order valence-corrected chi connectivity index (χ3v) is 4.44. The number of nitrogens with two attached hydrogens (primary N) is 1. The van der Waals surface area contributed by atoms with E-state index in [1.165, 1.54) is 4.88 Å². The fourth-order valence-corrected chi connectivity index (χ4v) is 3.27. The summed E-state index contributed by atoms with van der Waals surface area (Å²) < 4.78 is 0. The summed E-state index contributed by atoms with van der Waals surface area (Å²) in [5.74, 6) is 0.303. The van der Waals surface area contributed by atoms with E-state index in [9.17, 15) is 4.79 Å². The average molecular weight is 252 g/mol. The molecule has 1 saturated carbocycles. The smallest absolute Gasteiger partial charge is 0.223 e. The van der Waals surface area contributed by atoms with Crippen LogP contribution in [0.3, 0.4) is 0 Å². The summed E-state index contributed by atoms with van der Waals surface area (Å²) in [7, 11) is 0. The normalized spacial score (nSPS) is 25.8. The molecule has 2 rings (SSSR count). The van der Waals surface area contributed by atoms with E-state index >= 15 is 0 Å². The maximum atomic E-state index is 12.1. The summed E-state index contributed by atoms with van der Waals surface area (Å²) in [6.45, 7) is 2.10. The number of amides is 1. The Morgan fingerprint density at radius 2 is 2.47 bits per heavy atom. The Morgan fingerprint density at radius 3 is 3.00 bits per heavy atom. The van der Waals surface area contributed by atoms with Gasteiger partial charge in [-0.1, -0.05) is 13.0 Å². The molecule has 3 nitrogen and oxygen atoms in total. The molecule has 1 aliphatic carbocycles. The van der Waals surface area contributed by atoms with Crippen LogP contribution < -0.4 is 11.1 Å². The molecule has 0 spiro atoms. The van der Waals surface area contributed by atoms with Gasteiger partial charge in [-0.05, 0) is 37.1 Å². The first-order chi connectivity index (χ1) is 8.20. The molecule has 0 aliphatic heterocycles. The molecule has 0 aromatic carbocycles. The van der Waals surface area contributed by atoms with Gasteiger partial charge in [0.2, 0.25) is 5.91 Å². The van der Waals surface area contributed by atoms with Gasteiger partial charge >= 0.3 is 0 Å². The summed E-state index contributed by atoms with van der Waals surface area (Å²) in [6.07, 6.45) is 3.69. The number of hydrogen-bond donors (Lipinski definition) is 2. The molecule has 17 heavy (non-hydrogen) atoms. The number of thiophene rings is 1. The molecule has 0 saturated heterocycles. The van der Waals surface area contributed by atoms with E-state index in [4.69, 9.17) is 5.73 Å². The monoisotopic (exact) mass is 252 g/mol. The van der Waals surface area contributed by atoms with Crippen molar-refractivity contribution in [2.24, 2.45) is 11.7 Å². The summed E-state index contributed by atoms with van der Waals surface area (Å²) >= 11 is 1.70. The van der Waals surface area contributed by atoms with Crippen LogP contribution in [0.1, 0.15) is 43.5 Å². The Kier molecular flexibility index (Phi) is 4.18. The Labute approximate surface area is 106 Å². The molecule has 3 N–H and O–H groups in total. The minimum atomic E-state index is 0.124. The highest BCUT2D eigenvalue weighted by atomic mass is 32.1. The lowest BCUT2D eigenvalue weighted by atomic mass is 10.1. The maximum Gasteiger partial charge on any atom is 0.223 e. The van der Waals surface area contributed by atoms with Gasteiger partial charge < -0.3 is 11.1 Å². The van der Waals surface area contributed by atoms with Gasteiger partial charge in [0.25, 0.3) is 0 Å². The van der Waals surface area contributed by atoms with E-state index in [0.717, 1.165) is 25.7 Å². The first-order valence-electron chi connectivity index (χ1n) is 6.30. The minimum absolute atomic E-state index is 0.124. The molecule has 1 aromatic rings. The van der Waals surface area contributed by atoms with Crippen molar-refractivity contribution in [1.29, 1.82) is 0 Å². The molecule has 4 heteroatoms. The van der Waals surface area contributed by atoms with Crippen molar-refractivity contribution in [3.05, 3.63) is 22.4 Å². The zero-order valence-electron chi connectivity index (χ0n) is 10.2. The van der Waals surface area contributed by atoms with Crippen molar-refractivity contribution < 1.29 is 4.79 Å². The largest absolute Gasteiger partial charge is 0.348 e. The van der Waals surface area contributed by atoms with Gasteiger partial charge in [0.15, 0.2) is 0 Å². The van der Waals surface area contributed by atoms with Crippen molar-refractivity contribution in [2.75, 3.05) is 0 Å². The lowest BCUT2D eigenvalue weighted by Crippen LogP contribution is -2.33. The number of nitrogens with one attached hydrogen (secondary N) is 1. The molecule has 1 aromatic heterocycles. The molecule has 1 fully saturated rings. The molecule has 0 bridgehead atoms. The van der Waals surface area contributed by atoms with Gasteiger partial charge in [0.05, 0.1) is 6.04 Å². The summed E-state index contributed by atoms with van der Waals surface area (Å²) in [5.41, 5.74) is 5.84. The standard InChI is InChI=1S/C13H20N2OS/c1-2-11(12-4-3-7-17-12)15-13(16)9-5-6-10(14)8-9/h3-4,7,9-11H,2,5-6,8,14H2,1H3,(H,15,16). The van der Waals surface area contributed by atoms with Crippen LogP contribution in [0.25, 0.3) is 0 Å². The maximum absolute atomic E-state index is 12.1. The summed E-state index contributed by atoms with van der Waals surface area (Å²) in [4.78, 5) is 13.3. The fourth-order valence-electron chi connectivity index (χ4n) is 2.41. The summed E-state index contributed by atoms with van der Waals surface area (Å²) in [6, 6.07) is 4.49. The lowest BCUT2D eigenvalue weighted by molar-refractivity contribution is -0.125. The van der Waals surface area contributed by atoms with Gasteiger partial charge in [-0.3, -0.25) is 4.79 Å². The van der Waals surface area contributed by atoms with E-state index in [1.54, 1.807) is 11.3 Å². The molecule has 3 unspecified atom stereocenters. The van der Waals surface area contributed by atoms with E-state index in [-0.39, 0.29) is 23.9 Å². The predicted octanol–water partition coefficient (Wildman–Crippen LogP) is 2.44. The van der Waals surface area contributed by atoms with Crippen LogP contribution in [-0.4, -0.2) is 11.9 Å². The van der Waals surface area contributed by atoms with Gasteiger partial charge in [-0.2, -0.15) is 0 Å². The SMILES string of the molecule is CCC(NC(=O)C1CCC(N)C1)c1cccs1. The molecular formula is C13H20N2OS. The van der Waals surface area contributed by atoms with Crippen LogP contribution in [0.15, 0.2) is 17.5 Å². The van der Waals surface area contributed by atoms with Crippen molar-refractivity contribution in [3.8, 4) is 0 Å². The fraction of sp³-hybridized carbons (Fsp3) is 0.615. The molecule has 1 amide bonds. The Hall–Kier alpha value is -0.870. The van der Waals surface area contributed by atoms with Crippen LogP contribution >= 0.6 is 11.3 Å². The second-order valence-electron chi connectivity index (χ2n) is 4.75. The first kappa shape index (κ1) is 12.6.